The molecule has 3 N–H and O–H groups in total. The number of rotatable bonds is 25. The Morgan fingerprint density at radius 1 is 0.884 bits per heavy atom. The summed E-state index contributed by atoms with van der Waals surface area (Å²) in [7, 11) is 3.01. The molecule has 0 aromatic heterocycles. The van der Waals surface area contributed by atoms with Gasteiger partial charge >= 0.3 is 5.97 Å². The molecule has 4 aliphatic rings. The summed E-state index contributed by atoms with van der Waals surface area (Å²) in [5.74, 6) is -6.36. The van der Waals surface area contributed by atoms with Gasteiger partial charge in [-0.15, -0.1) is 0 Å². The fourth-order valence-corrected chi connectivity index (χ4v) is 9.99. The van der Waals surface area contributed by atoms with E-state index in [0.29, 0.717) is 76.1 Å². The van der Waals surface area contributed by atoms with Gasteiger partial charge in [-0.2, -0.15) is 0 Å². The number of ether oxygens (including phenoxy) is 6. The van der Waals surface area contributed by atoms with Gasteiger partial charge in [-0.05, 0) is 121 Å². The van der Waals surface area contributed by atoms with E-state index in [2.05, 4.69) is 0 Å². The van der Waals surface area contributed by atoms with E-state index in [0.717, 1.165) is 24.8 Å². The van der Waals surface area contributed by atoms with Gasteiger partial charge in [0.15, 0.2) is 5.78 Å². The van der Waals surface area contributed by atoms with E-state index < -0.39 is 77.9 Å². The first-order chi connectivity index (χ1) is 32.6. The first-order valence-corrected chi connectivity index (χ1v) is 25.5. The molecule has 390 valence electrons. The van der Waals surface area contributed by atoms with E-state index >= 15 is 0 Å². The molecule has 1 saturated carbocycles. The highest BCUT2D eigenvalue weighted by atomic mass is 16.6. The summed E-state index contributed by atoms with van der Waals surface area (Å²) in [5, 5.41) is 33.1. The van der Waals surface area contributed by atoms with Gasteiger partial charge in [0, 0.05) is 44.9 Å². The molecule has 0 aromatic carbocycles. The second kappa shape index (κ2) is 27.4. The van der Waals surface area contributed by atoms with E-state index in [9.17, 15) is 39.3 Å². The third-order valence-electron chi connectivity index (χ3n) is 15.1. The predicted molar refractivity (Wildman–Crippen MR) is 261 cm³/mol. The van der Waals surface area contributed by atoms with Crippen molar-refractivity contribution in [1.29, 1.82) is 0 Å². The number of piperidine rings is 1. The van der Waals surface area contributed by atoms with E-state index in [1.54, 1.807) is 34.0 Å². The SMILES string of the molecule is CO[C@@H]1C[C@H](C[C@@H](C)[C@H](C)OC(=O)[C@@H]2CCCCN2C(=O)C(=O)[C@]2(O)O[C@H](CC(OC3COC3)/C(C)=C/C=C/C=C/[C@@H](C)C[C@@H](C)C(=O)[C@H](OC)[C@H](O)/C(C)=C/[C@@H](C)C(C)=O)CC[C@H]2C)CC[C@H]1O. The van der Waals surface area contributed by atoms with Crippen LogP contribution in [0, 0.1) is 35.5 Å². The number of esters is 1. The average Bonchev–Trinajstić information content (AvgIpc) is 3.30. The molecular weight excluding hydrogens is 887 g/mol. The highest BCUT2D eigenvalue weighted by Crippen LogP contribution is 2.38. The number of methoxy groups -OCH3 is 2. The van der Waals surface area contributed by atoms with Crippen molar-refractivity contribution in [3.63, 3.8) is 0 Å². The van der Waals surface area contributed by atoms with Gasteiger partial charge in [0.1, 0.15) is 36.2 Å². The van der Waals surface area contributed by atoms with Gasteiger partial charge in [0.05, 0.1) is 37.6 Å². The van der Waals surface area contributed by atoms with Crippen LogP contribution in [0.4, 0.5) is 0 Å². The number of hydrogen-bond acceptors (Lipinski definition) is 14. The molecule has 1 amide bonds. The Kier molecular flexibility index (Phi) is 23.1. The molecule has 4 rings (SSSR count). The fraction of sp³-hybridized carbons (Fsp3) is 0.759. The second-order valence-corrected chi connectivity index (χ2v) is 20.8. The number of carbonyl (C=O) groups excluding carboxylic acids is 5. The summed E-state index contributed by atoms with van der Waals surface area (Å²) in [5.41, 5.74) is 1.40. The largest absolute Gasteiger partial charge is 0.461 e. The van der Waals surface area contributed by atoms with E-state index in [1.807, 2.05) is 65.0 Å². The Hall–Kier alpha value is -3.41. The molecule has 1 unspecified atom stereocenters. The number of aliphatic hydroxyl groups excluding tert-OH is 2. The van der Waals surface area contributed by atoms with Crippen LogP contribution in [0.25, 0.3) is 0 Å². The number of likely N-dealkylation sites (tertiary alicyclic amines) is 1. The maximum Gasteiger partial charge on any atom is 0.329 e. The molecular formula is C54H85NO14. The van der Waals surface area contributed by atoms with Crippen LogP contribution in [0.1, 0.15) is 133 Å². The first-order valence-electron chi connectivity index (χ1n) is 25.5. The lowest BCUT2D eigenvalue weighted by Gasteiger charge is -2.43. The Balaban J connectivity index is 1.36. The topological polar surface area (TPSA) is 205 Å². The number of allylic oxidation sites excluding steroid dienone is 6. The van der Waals surface area contributed by atoms with E-state index in [-0.39, 0.29) is 48.1 Å². The van der Waals surface area contributed by atoms with Gasteiger partial charge in [-0.1, -0.05) is 71.1 Å². The van der Waals surface area contributed by atoms with E-state index in [1.165, 1.54) is 18.9 Å². The van der Waals surface area contributed by atoms with Crippen LogP contribution in [0.3, 0.4) is 0 Å². The van der Waals surface area contributed by atoms with Crippen LogP contribution in [0.5, 0.6) is 0 Å². The number of amides is 1. The van der Waals surface area contributed by atoms with Gasteiger partial charge in [0.2, 0.25) is 5.79 Å². The standard InChI is InChI=1S/C54H85NO14/c1-32(25-36(5)48(58)50(65-11)49(59)37(6)26-34(3)39(8)56)17-13-12-14-18-33(2)46(68-43-30-66-31-43)29-42-22-20-38(7)54(63,69-42)51(60)52(61)55-24-16-15-19-44(55)53(62)67-40(9)35(4)27-41-21-23-45(57)47(28-41)64-10/h12-14,17-18,26,32,34-36,38,40-47,49-50,57,59,63H,15-16,19-25,27-31H2,1-11H3/b14-12+,17-13+,33-18+,37-26+/t32-,34-,35-,36-,38-,40+,41+,42+,44+,45-,46?,47-,49-,50+,54-/m1/s1. The van der Waals surface area contributed by atoms with E-state index in [4.69, 9.17) is 28.4 Å². The summed E-state index contributed by atoms with van der Waals surface area (Å²) in [6.45, 7) is 17.3. The lowest BCUT2D eigenvalue weighted by molar-refractivity contribution is -0.267. The molecule has 3 saturated heterocycles. The van der Waals surface area contributed by atoms with Crippen molar-refractivity contribution in [1.82, 2.24) is 4.90 Å². The lowest BCUT2D eigenvalue weighted by Crippen LogP contribution is -2.61. The monoisotopic (exact) mass is 972 g/mol. The Bertz CT molecular complexity index is 1840. The summed E-state index contributed by atoms with van der Waals surface area (Å²) in [6, 6.07) is -0.962. The van der Waals surface area contributed by atoms with Crippen molar-refractivity contribution in [2.45, 2.75) is 194 Å². The van der Waals surface area contributed by atoms with Gasteiger partial charge in [0.25, 0.3) is 11.7 Å². The molecule has 15 atom stereocenters. The average molecular weight is 972 g/mol. The highest BCUT2D eigenvalue weighted by molar-refractivity contribution is 6.39. The zero-order chi connectivity index (χ0) is 51.2. The highest BCUT2D eigenvalue weighted by Gasteiger charge is 2.53. The third-order valence-corrected chi connectivity index (χ3v) is 15.1. The molecule has 0 radical (unpaired) electrons. The quantitative estimate of drug-likeness (QED) is 0.0383. The molecule has 69 heavy (non-hydrogen) atoms. The van der Waals surface area contributed by atoms with Crippen molar-refractivity contribution in [3.8, 4) is 0 Å². The number of aliphatic hydroxyl groups is 3. The first kappa shape index (κ1) is 58.2. The number of Topliss-reactive ketones (excluding diaryl/α,β-unsaturated/α-hetero) is 3. The van der Waals surface area contributed by atoms with Gasteiger partial charge in [-0.3, -0.25) is 19.2 Å². The molecule has 1 aliphatic carbocycles. The van der Waals surface area contributed by atoms with Crippen molar-refractivity contribution < 1.29 is 67.7 Å². The minimum absolute atomic E-state index is 0.0148. The van der Waals surface area contributed by atoms with Crippen LogP contribution < -0.4 is 0 Å². The molecule has 4 fully saturated rings. The van der Waals surface area contributed by atoms with Crippen molar-refractivity contribution in [2.75, 3.05) is 34.0 Å². The maximum atomic E-state index is 14.1. The van der Waals surface area contributed by atoms with Crippen LogP contribution in [-0.2, 0) is 52.4 Å². The maximum absolute atomic E-state index is 14.1. The summed E-state index contributed by atoms with van der Waals surface area (Å²) in [4.78, 5) is 68.3. The van der Waals surface area contributed by atoms with Crippen molar-refractivity contribution in [3.05, 3.63) is 47.6 Å². The van der Waals surface area contributed by atoms with Crippen molar-refractivity contribution >= 4 is 29.2 Å². The molecule has 3 heterocycles. The Morgan fingerprint density at radius 3 is 2.23 bits per heavy atom. The minimum atomic E-state index is -2.40. The van der Waals surface area contributed by atoms with Gasteiger partial charge < -0.3 is 48.6 Å². The Labute approximate surface area is 411 Å². The number of hydrogen-bond donors (Lipinski definition) is 3. The molecule has 0 bridgehead atoms. The Morgan fingerprint density at radius 2 is 1.59 bits per heavy atom. The second-order valence-electron chi connectivity index (χ2n) is 20.8. The predicted octanol–water partition coefficient (Wildman–Crippen LogP) is 6.59. The van der Waals surface area contributed by atoms with Crippen LogP contribution in [0.2, 0.25) is 0 Å². The molecule has 0 aromatic rings. The number of nitrogens with zero attached hydrogens (tertiary/aromatic N) is 1. The molecule has 3 aliphatic heterocycles. The van der Waals surface area contributed by atoms with Crippen molar-refractivity contribution in [2.24, 2.45) is 35.5 Å². The van der Waals surface area contributed by atoms with Gasteiger partial charge in [-0.25, -0.2) is 4.79 Å². The lowest BCUT2D eigenvalue weighted by atomic mass is 9.79. The van der Waals surface area contributed by atoms with Crippen LogP contribution in [-0.4, -0.2) is 144 Å². The van der Waals surface area contributed by atoms with Crippen LogP contribution >= 0.6 is 0 Å². The number of ketones is 3. The zero-order valence-corrected chi connectivity index (χ0v) is 43.3. The molecule has 15 heteroatoms. The minimum Gasteiger partial charge on any atom is -0.461 e. The number of carbonyl (C=O) groups is 5. The fourth-order valence-electron chi connectivity index (χ4n) is 9.99. The van der Waals surface area contributed by atoms with Crippen LogP contribution in [0.15, 0.2) is 47.6 Å². The molecule has 15 nitrogen and oxygen atoms in total. The summed E-state index contributed by atoms with van der Waals surface area (Å²) in [6.07, 6.45) is 13.2. The summed E-state index contributed by atoms with van der Waals surface area (Å²) < 4.78 is 34.9. The smallest absolute Gasteiger partial charge is 0.329 e. The third kappa shape index (κ3) is 16.3. The normalized spacial score (nSPS) is 29.9. The molecule has 0 spiro atoms. The zero-order valence-electron chi connectivity index (χ0n) is 43.3. The summed E-state index contributed by atoms with van der Waals surface area (Å²) >= 11 is 0.